The molecule has 0 spiro atoms. The van der Waals surface area contributed by atoms with Crippen molar-refractivity contribution in [2.45, 2.75) is 56.6 Å². The Bertz CT molecular complexity index is 167. The van der Waals surface area contributed by atoms with Crippen molar-refractivity contribution >= 4 is 0 Å². The summed E-state index contributed by atoms with van der Waals surface area (Å²) in [5.41, 5.74) is 6.28. The third-order valence-electron chi connectivity index (χ3n) is 3.67. The van der Waals surface area contributed by atoms with Crippen LogP contribution >= 0.6 is 0 Å². The quantitative estimate of drug-likeness (QED) is 0.708. The second-order valence-corrected chi connectivity index (χ2v) is 4.88. The zero-order valence-electron chi connectivity index (χ0n) is 8.59. The maximum atomic E-state index is 6.11. The monoisotopic (exact) mass is 183 g/mol. The fourth-order valence-corrected chi connectivity index (χ4v) is 2.41. The van der Waals surface area contributed by atoms with Crippen LogP contribution in [0.3, 0.4) is 0 Å². The van der Waals surface area contributed by atoms with Gasteiger partial charge in [-0.15, -0.1) is 0 Å². The van der Waals surface area contributed by atoms with Gasteiger partial charge in [-0.2, -0.15) is 0 Å². The van der Waals surface area contributed by atoms with Crippen molar-refractivity contribution < 1.29 is 4.74 Å². The molecule has 0 aromatic carbocycles. The average Bonchev–Trinajstić information content (AvgIpc) is 2.80. The van der Waals surface area contributed by atoms with Crippen LogP contribution in [0.5, 0.6) is 0 Å². The van der Waals surface area contributed by atoms with Gasteiger partial charge in [-0.1, -0.05) is 12.8 Å². The smallest absolute Gasteiger partial charge is 0.0693 e. The Kier molecular flexibility index (Phi) is 2.61. The molecule has 0 radical (unpaired) electrons. The van der Waals surface area contributed by atoms with E-state index in [0.29, 0.717) is 6.04 Å². The first-order chi connectivity index (χ1) is 6.24. The number of ether oxygens (including phenoxy) is 1. The second-order valence-electron chi connectivity index (χ2n) is 4.88. The van der Waals surface area contributed by atoms with Crippen LogP contribution in [0.1, 0.15) is 44.9 Å². The maximum absolute atomic E-state index is 6.11. The highest BCUT2D eigenvalue weighted by atomic mass is 16.5. The van der Waals surface area contributed by atoms with Crippen molar-refractivity contribution in [2.75, 3.05) is 7.11 Å². The van der Waals surface area contributed by atoms with Crippen LogP contribution in [0.15, 0.2) is 0 Å². The molecule has 2 aliphatic rings. The third-order valence-corrected chi connectivity index (χ3v) is 3.67. The maximum Gasteiger partial charge on any atom is 0.0693 e. The van der Waals surface area contributed by atoms with Crippen LogP contribution in [-0.2, 0) is 4.74 Å². The van der Waals surface area contributed by atoms with Crippen LogP contribution in [0.25, 0.3) is 0 Å². The van der Waals surface area contributed by atoms with Gasteiger partial charge in [0.25, 0.3) is 0 Å². The molecule has 13 heavy (non-hydrogen) atoms. The minimum atomic E-state index is 0.175. The zero-order chi connectivity index (χ0) is 9.31. The Balaban J connectivity index is 1.74. The summed E-state index contributed by atoms with van der Waals surface area (Å²) in [5.74, 6) is 0.948. The van der Waals surface area contributed by atoms with Crippen molar-refractivity contribution in [3.63, 3.8) is 0 Å². The average molecular weight is 183 g/mol. The molecule has 1 unspecified atom stereocenters. The molecular weight excluding hydrogens is 162 g/mol. The standard InChI is InChI=1S/C11H21NO/c1-13-11(5-2-6-11)8-10(12)7-9-3-4-9/h9-10H,2-8,12H2,1H3. The highest BCUT2D eigenvalue weighted by Crippen LogP contribution is 2.41. The van der Waals surface area contributed by atoms with Gasteiger partial charge in [-0.3, -0.25) is 0 Å². The molecule has 2 rings (SSSR count). The van der Waals surface area contributed by atoms with Crippen molar-refractivity contribution in [1.82, 2.24) is 0 Å². The van der Waals surface area contributed by atoms with E-state index in [1.807, 2.05) is 7.11 Å². The van der Waals surface area contributed by atoms with Crippen molar-refractivity contribution in [3.05, 3.63) is 0 Å². The molecule has 0 bridgehead atoms. The lowest BCUT2D eigenvalue weighted by Crippen LogP contribution is -2.44. The Morgan fingerprint density at radius 2 is 2.15 bits per heavy atom. The lowest BCUT2D eigenvalue weighted by atomic mass is 9.75. The number of hydrogen-bond donors (Lipinski definition) is 1. The Morgan fingerprint density at radius 3 is 2.54 bits per heavy atom. The largest absolute Gasteiger partial charge is 0.378 e. The van der Waals surface area contributed by atoms with E-state index in [1.54, 1.807) is 0 Å². The van der Waals surface area contributed by atoms with Gasteiger partial charge in [-0.05, 0) is 38.0 Å². The summed E-state index contributed by atoms with van der Waals surface area (Å²) in [6.45, 7) is 0. The van der Waals surface area contributed by atoms with Crippen molar-refractivity contribution in [1.29, 1.82) is 0 Å². The van der Waals surface area contributed by atoms with Crippen LogP contribution in [-0.4, -0.2) is 18.8 Å². The molecule has 2 N–H and O–H groups in total. The van der Waals surface area contributed by atoms with E-state index >= 15 is 0 Å². The van der Waals surface area contributed by atoms with E-state index in [2.05, 4.69) is 0 Å². The van der Waals surface area contributed by atoms with Crippen molar-refractivity contribution in [3.8, 4) is 0 Å². The fourth-order valence-electron chi connectivity index (χ4n) is 2.41. The van der Waals surface area contributed by atoms with E-state index < -0.39 is 0 Å². The lowest BCUT2D eigenvalue weighted by molar-refractivity contribution is -0.0819. The van der Waals surface area contributed by atoms with E-state index in [1.165, 1.54) is 38.5 Å². The SMILES string of the molecule is COC1(CC(N)CC2CC2)CCC1. The molecule has 0 aromatic rings. The molecule has 2 fully saturated rings. The second kappa shape index (κ2) is 3.58. The zero-order valence-corrected chi connectivity index (χ0v) is 8.59. The molecule has 2 nitrogen and oxygen atoms in total. The molecule has 76 valence electrons. The fraction of sp³-hybridized carbons (Fsp3) is 1.00. The summed E-state index contributed by atoms with van der Waals surface area (Å²) in [6, 6.07) is 0.382. The predicted molar refractivity (Wildman–Crippen MR) is 53.5 cm³/mol. The number of nitrogens with two attached hydrogens (primary N) is 1. The normalized spacial score (nSPS) is 28.2. The number of hydrogen-bond acceptors (Lipinski definition) is 2. The molecule has 0 heterocycles. The summed E-state index contributed by atoms with van der Waals surface area (Å²) < 4.78 is 5.57. The van der Waals surface area contributed by atoms with Crippen LogP contribution in [0.2, 0.25) is 0 Å². The van der Waals surface area contributed by atoms with E-state index in [-0.39, 0.29) is 5.60 Å². The van der Waals surface area contributed by atoms with Gasteiger partial charge in [0.05, 0.1) is 5.60 Å². The van der Waals surface area contributed by atoms with E-state index in [0.717, 1.165) is 12.3 Å². The third kappa shape index (κ3) is 2.23. The van der Waals surface area contributed by atoms with Crippen LogP contribution < -0.4 is 5.73 Å². The Hall–Kier alpha value is -0.0800. The molecule has 0 aromatic heterocycles. The summed E-state index contributed by atoms with van der Waals surface area (Å²) in [6.07, 6.45) is 8.90. The Labute approximate surface area is 80.8 Å². The molecule has 2 saturated carbocycles. The van der Waals surface area contributed by atoms with Gasteiger partial charge < -0.3 is 10.5 Å². The summed E-state index contributed by atoms with van der Waals surface area (Å²) in [7, 11) is 1.84. The first kappa shape index (κ1) is 9.47. The topological polar surface area (TPSA) is 35.2 Å². The first-order valence-electron chi connectivity index (χ1n) is 5.55. The molecular formula is C11H21NO. The minimum absolute atomic E-state index is 0.175. The minimum Gasteiger partial charge on any atom is -0.378 e. The summed E-state index contributed by atoms with van der Waals surface area (Å²) in [4.78, 5) is 0. The van der Waals surface area contributed by atoms with Crippen LogP contribution in [0, 0.1) is 5.92 Å². The van der Waals surface area contributed by atoms with Gasteiger partial charge in [-0.25, -0.2) is 0 Å². The first-order valence-corrected chi connectivity index (χ1v) is 5.55. The highest BCUT2D eigenvalue weighted by molar-refractivity contribution is 4.93. The van der Waals surface area contributed by atoms with Gasteiger partial charge in [0.2, 0.25) is 0 Å². The number of rotatable bonds is 5. The van der Waals surface area contributed by atoms with E-state index in [4.69, 9.17) is 10.5 Å². The van der Waals surface area contributed by atoms with E-state index in [9.17, 15) is 0 Å². The van der Waals surface area contributed by atoms with Gasteiger partial charge in [0.1, 0.15) is 0 Å². The molecule has 0 aliphatic heterocycles. The lowest BCUT2D eigenvalue weighted by Gasteiger charge is -2.42. The Morgan fingerprint density at radius 1 is 1.46 bits per heavy atom. The molecule has 2 aliphatic carbocycles. The highest BCUT2D eigenvalue weighted by Gasteiger charge is 2.39. The summed E-state index contributed by atoms with van der Waals surface area (Å²) >= 11 is 0. The molecule has 1 atom stereocenters. The molecule has 0 saturated heterocycles. The van der Waals surface area contributed by atoms with Crippen LogP contribution in [0.4, 0.5) is 0 Å². The summed E-state index contributed by atoms with van der Waals surface area (Å²) in [5, 5.41) is 0. The molecule has 0 amide bonds. The predicted octanol–water partition coefficient (Wildman–Crippen LogP) is 2.07. The number of methoxy groups -OCH3 is 1. The molecule has 2 heteroatoms. The van der Waals surface area contributed by atoms with Crippen molar-refractivity contribution in [2.24, 2.45) is 11.7 Å². The van der Waals surface area contributed by atoms with Gasteiger partial charge >= 0.3 is 0 Å². The van der Waals surface area contributed by atoms with Gasteiger partial charge in [0, 0.05) is 13.2 Å². The van der Waals surface area contributed by atoms with Gasteiger partial charge in [0.15, 0.2) is 0 Å².